The van der Waals surface area contributed by atoms with E-state index in [1.807, 2.05) is 37.3 Å². The van der Waals surface area contributed by atoms with Crippen LogP contribution in [0.1, 0.15) is 28.9 Å². The van der Waals surface area contributed by atoms with Crippen LogP contribution in [0.15, 0.2) is 67.3 Å². The number of benzene rings is 2. The first-order chi connectivity index (χ1) is 12.2. The van der Waals surface area contributed by atoms with Crippen LogP contribution in [0.5, 0.6) is 5.75 Å². The lowest BCUT2D eigenvalue weighted by molar-refractivity contribution is 0.0939. The summed E-state index contributed by atoms with van der Waals surface area (Å²) in [6.45, 7) is 1.96. The highest BCUT2D eigenvalue weighted by atomic mass is 16.5. The molecule has 1 amide bonds. The SMILES string of the molecule is COc1cccc(C(=O)NC(C)c2ccc(-c3cncnc3)cc2)c1. The van der Waals surface area contributed by atoms with E-state index in [9.17, 15) is 4.79 Å². The summed E-state index contributed by atoms with van der Waals surface area (Å²) in [7, 11) is 1.58. The number of amides is 1. The molecule has 0 fully saturated rings. The first-order valence-electron chi connectivity index (χ1n) is 7.97. The van der Waals surface area contributed by atoms with Crippen molar-refractivity contribution < 1.29 is 9.53 Å². The second-order valence-electron chi connectivity index (χ2n) is 5.68. The molecular weight excluding hydrogens is 314 g/mol. The third-order valence-electron chi connectivity index (χ3n) is 3.98. The zero-order valence-electron chi connectivity index (χ0n) is 14.1. The minimum atomic E-state index is -0.132. The van der Waals surface area contributed by atoms with E-state index in [0.717, 1.165) is 16.7 Å². The maximum atomic E-state index is 12.4. The van der Waals surface area contributed by atoms with Gasteiger partial charge in [0.05, 0.1) is 13.2 Å². The summed E-state index contributed by atoms with van der Waals surface area (Å²) in [6, 6.07) is 15.0. The molecule has 0 bridgehead atoms. The van der Waals surface area contributed by atoms with E-state index in [4.69, 9.17) is 4.74 Å². The monoisotopic (exact) mass is 333 g/mol. The molecule has 3 aromatic rings. The first kappa shape index (κ1) is 16.6. The van der Waals surface area contributed by atoms with Gasteiger partial charge in [-0.05, 0) is 36.2 Å². The molecule has 5 nitrogen and oxygen atoms in total. The molecule has 0 aliphatic rings. The summed E-state index contributed by atoms with van der Waals surface area (Å²) >= 11 is 0. The molecule has 1 aromatic heterocycles. The summed E-state index contributed by atoms with van der Waals surface area (Å²) in [5, 5.41) is 3.00. The lowest BCUT2D eigenvalue weighted by Gasteiger charge is -2.15. The van der Waals surface area contributed by atoms with Crippen molar-refractivity contribution in [1.82, 2.24) is 15.3 Å². The molecule has 0 saturated heterocycles. The lowest BCUT2D eigenvalue weighted by Crippen LogP contribution is -2.26. The molecule has 0 radical (unpaired) electrons. The van der Waals surface area contributed by atoms with Crippen molar-refractivity contribution in [2.24, 2.45) is 0 Å². The fourth-order valence-electron chi connectivity index (χ4n) is 2.54. The van der Waals surface area contributed by atoms with Crippen molar-refractivity contribution >= 4 is 5.91 Å². The van der Waals surface area contributed by atoms with Gasteiger partial charge in [0.25, 0.3) is 5.91 Å². The van der Waals surface area contributed by atoms with E-state index in [-0.39, 0.29) is 11.9 Å². The molecule has 5 heteroatoms. The van der Waals surface area contributed by atoms with Crippen LogP contribution in [0.4, 0.5) is 0 Å². The predicted octanol–water partition coefficient (Wildman–Crippen LogP) is 3.64. The van der Waals surface area contributed by atoms with Gasteiger partial charge in [-0.1, -0.05) is 30.3 Å². The molecule has 1 atom stereocenters. The summed E-state index contributed by atoms with van der Waals surface area (Å²) in [5.41, 5.74) is 3.60. The number of carbonyl (C=O) groups excluding carboxylic acids is 1. The number of hydrogen-bond acceptors (Lipinski definition) is 4. The van der Waals surface area contributed by atoms with E-state index < -0.39 is 0 Å². The average Bonchev–Trinajstić information content (AvgIpc) is 2.68. The third-order valence-corrected chi connectivity index (χ3v) is 3.98. The van der Waals surface area contributed by atoms with Crippen LogP contribution >= 0.6 is 0 Å². The molecule has 1 N–H and O–H groups in total. The molecule has 1 unspecified atom stereocenters. The van der Waals surface area contributed by atoms with Crippen LogP contribution in [0, 0.1) is 0 Å². The van der Waals surface area contributed by atoms with Crippen molar-refractivity contribution in [2.45, 2.75) is 13.0 Å². The zero-order valence-corrected chi connectivity index (χ0v) is 14.1. The van der Waals surface area contributed by atoms with Crippen LogP contribution in [-0.4, -0.2) is 23.0 Å². The van der Waals surface area contributed by atoms with Crippen LogP contribution in [-0.2, 0) is 0 Å². The fraction of sp³-hybridized carbons (Fsp3) is 0.150. The van der Waals surface area contributed by atoms with Crippen LogP contribution in [0.25, 0.3) is 11.1 Å². The second kappa shape index (κ2) is 7.57. The van der Waals surface area contributed by atoms with E-state index in [0.29, 0.717) is 11.3 Å². The fourth-order valence-corrected chi connectivity index (χ4v) is 2.54. The molecule has 25 heavy (non-hydrogen) atoms. The van der Waals surface area contributed by atoms with Crippen molar-refractivity contribution in [3.8, 4) is 16.9 Å². The Morgan fingerprint density at radius 2 is 1.76 bits per heavy atom. The van der Waals surface area contributed by atoms with Crippen molar-refractivity contribution in [1.29, 1.82) is 0 Å². The van der Waals surface area contributed by atoms with Gasteiger partial charge in [-0.2, -0.15) is 0 Å². The zero-order chi connectivity index (χ0) is 17.6. The van der Waals surface area contributed by atoms with E-state index >= 15 is 0 Å². The topological polar surface area (TPSA) is 64.1 Å². The second-order valence-corrected chi connectivity index (χ2v) is 5.68. The van der Waals surface area contributed by atoms with Gasteiger partial charge >= 0.3 is 0 Å². The maximum Gasteiger partial charge on any atom is 0.251 e. The van der Waals surface area contributed by atoms with E-state index in [1.165, 1.54) is 6.33 Å². The number of aromatic nitrogens is 2. The van der Waals surface area contributed by atoms with Crippen LogP contribution in [0.3, 0.4) is 0 Å². The minimum absolute atomic E-state index is 0.111. The Morgan fingerprint density at radius 1 is 1.04 bits per heavy atom. The highest BCUT2D eigenvalue weighted by molar-refractivity contribution is 5.94. The molecule has 0 aliphatic heterocycles. The highest BCUT2D eigenvalue weighted by Crippen LogP contribution is 2.21. The van der Waals surface area contributed by atoms with Gasteiger partial charge in [0.2, 0.25) is 0 Å². The van der Waals surface area contributed by atoms with Crippen molar-refractivity contribution in [3.05, 3.63) is 78.4 Å². The molecule has 0 spiro atoms. The Bertz CT molecular complexity index is 848. The summed E-state index contributed by atoms with van der Waals surface area (Å²) in [5.74, 6) is 0.529. The molecular formula is C20H19N3O2. The first-order valence-corrected chi connectivity index (χ1v) is 7.97. The van der Waals surface area contributed by atoms with Gasteiger partial charge < -0.3 is 10.1 Å². The number of methoxy groups -OCH3 is 1. The van der Waals surface area contributed by atoms with Gasteiger partial charge in [0.15, 0.2) is 0 Å². The number of ether oxygens (including phenoxy) is 1. The number of nitrogens with one attached hydrogen (secondary N) is 1. The summed E-state index contributed by atoms with van der Waals surface area (Å²) in [4.78, 5) is 20.5. The van der Waals surface area contributed by atoms with Gasteiger partial charge in [0, 0.05) is 23.5 Å². The molecule has 0 saturated carbocycles. The van der Waals surface area contributed by atoms with E-state index in [2.05, 4.69) is 15.3 Å². The minimum Gasteiger partial charge on any atom is -0.497 e. The predicted molar refractivity (Wildman–Crippen MR) is 96.3 cm³/mol. The molecule has 2 aromatic carbocycles. The molecule has 3 rings (SSSR count). The summed E-state index contributed by atoms with van der Waals surface area (Å²) in [6.07, 6.45) is 5.06. The number of rotatable bonds is 5. The standard InChI is InChI=1S/C20H19N3O2/c1-14(23-20(24)17-4-3-5-19(10-17)25-2)15-6-8-16(9-7-15)18-11-21-13-22-12-18/h3-14H,1-2H3,(H,23,24). The molecule has 126 valence electrons. The maximum absolute atomic E-state index is 12.4. The Labute approximate surface area is 146 Å². The van der Waals surface area contributed by atoms with Gasteiger partial charge in [-0.3, -0.25) is 4.79 Å². The van der Waals surface area contributed by atoms with Crippen molar-refractivity contribution in [2.75, 3.05) is 7.11 Å². The lowest BCUT2D eigenvalue weighted by atomic mass is 10.0. The van der Waals surface area contributed by atoms with Gasteiger partial charge in [-0.25, -0.2) is 9.97 Å². The smallest absolute Gasteiger partial charge is 0.251 e. The third kappa shape index (κ3) is 4.01. The van der Waals surface area contributed by atoms with Crippen LogP contribution in [0.2, 0.25) is 0 Å². The quantitative estimate of drug-likeness (QED) is 0.774. The average molecular weight is 333 g/mol. The summed E-state index contributed by atoms with van der Waals surface area (Å²) < 4.78 is 5.16. The molecule has 1 heterocycles. The van der Waals surface area contributed by atoms with Crippen molar-refractivity contribution in [3.63, 3.8) is 0 Å². The highest BCUT2D eigenvalue weighted by Gasteiger charge is 2.12. The number of carbonyl (C=O) groups is 1. The Kier molecular flexibility index (Phi) is 5.04. The Balaban J connectivity index is 1.70. The Hall–Kier alpha value is -3.21. The largest absolute Gasteiger partial charge is 0.497 e. The Morgan fingerprint density at radius 3 is 2.44 bits per heavy atom. The van der Waals surface area contributed by atoms with Crippen LogP contribution < -0.4 is 10.1 Å². The van der Waals surface area contributed by atoms with Gasteiger partial charge in [0.1, 0.15) is 12.1 Å². The van der Waals surface area contributed by atoms with E-state index in [1.54, 1.807) is 37.7 Å². The normalized spacial score (nSPS) is 11.6. The number of nitrogens with zero attached hydrogens (tertiary/aromatic N) is 2. The van der Waals surface area contributed by atoms with Gasteiger partial charge in [-0.15, -0.1) is 0 Å². The molecule has 0 aliphatic carbocycles. The number of hydrogen-bond donors (Lipinski definition) is 1.